The van der Waals surface area contributed by atoms with E-state index in [-0.39, 0.29) is 23.5 Å². The van der Waals surface area contributed by atoms with E-state index < -0.39 is 16.6 Å². The maximum absolute atomic E-state index is 11.7. The molecule has 8 heteroatoms. The van der Waals surface area contributed by atoms with Gasteiger partial charge in [0.25, 0.3) is 0 Å². The normalized spacial score (nSPS) is 10.1. The van der Waals surface area contributed by atoms with Gasteiger partial charge in [-0.15, -0.1) is 11.6 Å². The molecule has 1 rings (SSSR count). The topological polar surface area (TPSA) is 121 Å². The van der Waals surface area contributed by atoms with Gasteiger partial charge in [-0.1, -0.05) is 0 Å². The SMILES string of the molecule is Nc1ccc(N)c([N+](=O)[O-])c1C(=O)OCCCCl. The summed E-state index contributed by atoms with van der Waals surface area (Å²) in [7, 11) is 0. The minimum atomic E-state index is -0.878. The lowest BCUT2D eigenvalue weighted by Crippen LogP contribution is -2.13. The summed E-state index contributed by atoms with van der Waals surface area (Å²) in [5, 5.41) is 10.9. The predicted octanol–water partition coefficient (Wildman–Crippen LogP) is 1.54. The van der Waals surface area contributed by atoms with Crippen LogP contribution in [0.15, 0.2) is 12.1 Å². The molecule has 0 heterocycles. The highest BCUT2D eigenvalue weighted by Gasteiger charge is 2.27. The number of carbonyl (C=O) groups is 1. The van der Waals surface area contributed by atoms with E-state index in [0.29, 0.717) is 12.3 Å². The summed E-state index contributed by atoms with van der Waals surface area (Å²) in [6, 6.07) is 2.59. The molecule has 0 bridgehead atoms. The third-order valence-corrected chi connectivity index (χ3v) is 2.41. The van der Waals surface area contributed by atoms with Gasteiger partial charge in [0.2, 0.25) is 0 Å². The van der Waals surface area contributed by atoms with Gasteiger partial charge >= 0.3 is 11.7 Å². The minimum absolute atomic E-state index is 0.0493. The van der Waals surface area contributed by atoms with Crippen LogP contribution >= 0.6 is 11.6 Å². The maximum atomic E-state index is 11.7. The summed E-state index contributed by atoms with van der Waals surface area (Å²) in [5.74, 6) is -0.557. The second-order valence-electron chi connectivity index (χ2n) is 3.40. The molecule has 1 aromatic rings. The number of nitrogen functional groups attached to an aromatic ring is 2. The van der Waals surface area contributed by atoms with E-state index >= 15 is 0 Å². The molecule has 0 fully saturated rings. The molecule has 0 aromatic heterocycles. The Morgan fingerprint density at radius 1 is 1.39 bits per heavy atom. The third-order valence-electron chi connectivity index (χ3n) is 2.14. The van der Waals surface area contributed by atoms with Crippen LogP contribution in [-0.2, 0) is 4.74 Å². The third kappa shape index (κ3) is 3.01. The van der Waals surface area contributed by atoms with Gasteiger partial charge in [-0.3, -0.25) is 10.1 Å². The zero-order valence-corrected chi connectivity index (χ0v) is 10.1. The predicted molar refractivity (Wildman–Crippen MR) is 67.5 cm³/mol. The molecule has 0 aliphatic rings. The number of esters is 1. The minimum Gasteiger partial charge on any atom is -0.462 e. The van der Waals surface area contributed by atoms with E-state index in [1.165, 1.54) is 12.1 Å². The van der Waals surface area contributed by atoms with Crippen molar-refractivity contribution < 1.29 is 14.5 Å². The molecule has 0 unspecified atom stereocenters. The average molecular weight is 274 g/mol. The Labute approximate surface area is 108 Å². The average Bonchev–Trinajstić information content (AvgIpc) is 2.31. The number of nitro groups is 1. The lowest BCUT2D eigenvalue weighted by Gasteiger charge is -2.08. The zero-order chi connectivity index (χ0) is 13.7. The highest BCUT2D eigenvalue weighted by molar-refractivity contribution is 6.17. The molecular formula is C10H12ClN3O4. The smallest absolute Gasteiger partial charge is 0.347 e. The largest absolute Gasteiger partial charge is 0.462 e. The van der Waals surface area contributed by atoms with E-state index in [2.05, 4.69) is 0 Å². The Balaban J connectivity index is 3.10. The number of halogens is 1. The molecule has 4 N–H and O–H groups in total. The van der Waals surface area contributed by atoms with E-state index in [1.807, 2.05) is 0 Å². The quantitative estimate of drug-likeness (QED) is 0.210. The number of nitrogens with zero attached hydrogens (tertiary/aromatic N) is 1. The Morgan fingerprint density at radius 2 is 2.00 bits per heavy atom. The van der Waals surface area contributed by atoms with Crippen molar-refractivity contribution in [3.05, 3.63) is 27.8 Å². The van der Waals surface area contributed by atoms with Crippen molar-refractivity contribution in [2.24, 2.45) is 0 Å². The van der Waals surface area contributed by atoms with Gasteiger partial charge in [-0.25, -0.2) is 4.79 Å². The van der Waals surface area contributed by atoms with Crippen molar-refractivity contribution in [2.45, 2.75) is 6.42 Å². The summed E-state index contributed by atoms with van der Waals surface area (Å²) in [6.07, 6.45) is 0.448. The first kappa shape index (κ1) is 14.0. The van der Waals surface area contributed by atoms with Gasteiger partial charge in [-0.05, 0) is 18.6 Å². The summed E-state index contributed by atoms with van der Waals surface area (Å²) in [5.41, 5.74) is 9.95. The van der Waals surface area contributed by atoms with Gasteiger partial charge < -0.3 is 16.2 Å². The number of carbonyl (C=O) groups excluding carboxylic acids is 1. The first-order valence-corrected chi connectivity index (χ1v) is 5.58. The van der Waals surface area contributed by atoms with Crippen molar-refractivity contribution in [3.8, 4) is 0 Å². The summed E-state index contributed by atoms with van der Waals surface area (Å²) >= 11 is 5.42. The van der Waals surface area contributed by atoms with Crippen LogP contribution in [0, 0.1) is 10.1 Å². The number of benzene rings is 1. The number of hydrogen-bond acceptors (Lipinski definition) is 6. The molecule has 0 saturated heterocycles. The standard InChI is InChI=1S/C10H12ClN3O4/c11-4-1-5-18-10(15)8-6(12)2-3-7(13)9(8)14(16)17/h2-3H,1,4-5,12-13H2. The van der Waals surface area contributed by atoms with E-state index in [9.17, 15) is 14.9 Å². The number of anilines is 2. The van der Waals surface area contributed by atoms with Crippen LogP contribution in [0.5, 0.6) is 0 Å². The lowest BCUT2D eigenvalue weighted by atomic mass is 10.1. The maximum Gasteiger partial charge on any atom is 0.347 e. The monoisotopic (exact) mass is 273 g/mol. The zero-order valence-electron chi connectivity index (χ0n) is 9.39. The molecule has 0 radical (unpaired) electrons. The molecule has 0 aliphatic heterocycles. The van der Waals surface area contributed by atoms with Crippen molar-refractivity contribution in [2.75, 3.05) is 24.0 Å². The van der Waals surface area contributed by atoms with Crippen LogP contribution in [0.4, 0.5) is 17.1 Å². The van der Waals surface area contributed by atoms with Crippen molar-refractivity contribution in [3.63, 3.8) is 0 Å². The Bertz CT molecular complexity index is 478. The Kier molecular flexibility index (Phi) is 4.73. The molecule has 1 aromatic carbocycles. The van der Waals surface area contributed by atoms with Crippen LogP contribution in [0.2, 0.25) is 0 Å². The van der Waals surface area contributed by atoms with Crippen LogP contribution in [0.25, 0.3) is 0 Å². The fourth-order valence-electron chi connectivity index (χ4n) is 1.33. The van der Waals surface area contributed by atoms with Gasteiger partial charge in [0.1, 0.15) is 5.69 Å². The van der Waals surface area contributed by atoms with Gasteiger partial charge in [0, 0.05) is 5.88 Å². The molecule has 0 amide bonds. The number of rotatable bonds is 5. The highest BCUT2D eigenvalue weighted by Crippen LogP contribution is 2.31. The summed E-state index contributed by atoms with van der Waals surface area (Å²) < 4.78 is 4.83. The fourth-order valence-corrected chi connectivity index (χ4v) is 1.43. The van der Waals surface area contributed by atoms with Crippen molar-refractivity contribution >= 4 is 34.6 Å². The van der Waals surface area contributed by atoms with Gasteiger partial charge in [0.15, 0.2) is 5.56 Å². The van der Waals surface area contributed by atoms with E-state index in [1.54, 1.807) is 0 Å². The molecular weight excluding hydrogens is 262 g/mol. The van der Waals surface area contributed by atoms with E-state index in [4.69, 9.17) is 27.8 Å². The number of hydrogen-bond donors (Lipinski definition) is 2. The second-order valence-corrected chi connectivity index (χ2v) is 3.78. The molecule has 0 spiro atoms. The van der Waals surface area contributed by atoms with Gasteiger partial charge in [-0.2, -0.15) is 0 Å². The number of nitrogens with two attached hydrogens (primary N) is 2. The second kappa shape index (κ2) is 6.06. The molecule has 98 valence electrons. The number of nitro benzene ring substituents is 1. The molecule has 0 saturated carbocycles. The molecule has 0 aliphatic carbocycles. The highest BCUT2D eigenvalue weighted by atomic mass is 35.5. The summed E-state index contributed by atoms with van der Waals surface area (Å²) in [6.45, 7) is 0.0632. The molecule has 0 atom stereocenters. The Morgan fingerprint density at radius 3 is 2.56 bits per heavy atom. The first-order valence-electron chi connectivity index (χ1n) is 5.04. The lowest BCUT2D eigenvalue weighted by molar-refractivity contribution is -0.384. The number of alkyl halides is 1. The van der Waals surface area contributed by atoms with Crippen LogP contribution < -0.4 is 11.5 Å². The van der Waals surface area contributed by atoms with Crippen LogP contribution in [-0.4, -0.2) is 23.4 Å². The molecule has 7 nitrogen and oxygen atoms in total. The first-order chi connectivity index (χ1) is 8.49. The van der Waals surface area contributed by atoms with Crippen molar-refractivity contribution in [1.82, 2.24) is 0 Å². The van der Waals surface area contributed by atoms with Crippen LogP contribution in [0.3, 0.4) is 0 Å². The number of ether oxygens (including phenoxy) is 1. The summed E-state index contributed by atoms with van der Waals surface area (Å²) in [4.78, 5) is 21.8. The van der Waals surface area contributed by atoms with Crippen molar-refractivity contribution in [1.29, 1.82) is 0 Å². The Hall–Kier alpha value is -2.02. The molecule has 18 heavy (non-hydrogen) atoms. The van der Waals surface area contributed by atoms with Crippen LogP contribution in [0.1, 0.15) is 16.8 Å². The van der Waals surface area contributed by atoms with E-state index in [0.717, 1.165) is 0 Å². The van der Waals surface area contributed by atoms with Gasteiger partial charge in [0.05, 0.1) is 17.2 Å². The fraction of sp³-hybridized carbons (Fsp3) is 0.300.